The second-order valence-electron chi connectivity index (χ2n) is 2.91. The summed E-state index contributed by atoms with van der Waals surface area (Å²) in [5.41, 5.74) is 0.982. The highest BCUT2D eigenvalue weighted by Crippen LogP contribution is 2.22. The fourth-order valence-electron chi connectivity index (χ4n) is 1.10. The van der Waals surface area contributed by atoms with Gasteiger partial charge in [0.1, 0.15) is 0 Å². The number of nitrogens with zero attached hydrogens (tertiary/aromatic N) is 1. The molecule has 1 rings (SSSR count). The Morgan fingerprint density at radius 2 is 2.00 bits per heavy atom. The Kier molecular flexibility index (Phi) is 4.34. The molecular weight excluding hydrogens is 217 g/mol. The summed E-state index contributed by atoms with van der Waals surface area (Å²) in [6, 6.07) is 6.21. The average Bonchev–Trinajstić information content (AvgIpc) is 2.26. The van der Waals surface area contributed by atoms with Gasteiger partial charge in [0.2, 0.25) is 0 Å². The number of non-ortho nitro benzene ring substituents is 1. The number of aryl methyl sites for hydroxylation is 1. The quantitative estimate of drug-likeness (QED) is 0.441. The van der Waals surface area contributed by atoms with E-state index in [0.29, 0.717) is 12.6 Å². The Balaban J connectivity index is 2.57. The molecule has 1 aromatic rings. The van der Waals surface area contributed by atoms with E-state index in [0.717, 1.165) is 5.56 Å². The molecule has 6 heteroatoms. The fraction of sp³-hybridized carbons (Fsp3) is 0.333. The molecule has 0 spiro atoms. The Morgan fingerprint density at radius 1 is 1.40 bits per heavy atom. The molecule has 0 fully saturated rings. The van der Waals surface area contributed by atoms with E-state index in [1.807, 2.05) is 0 Å². The number of nitro groups is 1. The van der Waals surface area contributed by atoms with Crippen LogP contribution in [-0.4, -0.2) is 18.2 Å². The van der Waals surface area contributed by atoms with Gasteiger partial charge in [-0.1, -0.05) is 12.1 Å². The number of hydrogen-bond acceptors (Lipinski definition) is 4. The molecule has 0 bridgehead atoms. The molecule has 0 saturated carbocycles. The molecule has 0 aliphatic rings. The molecule has 80 valence electrons. The second kappa shape index (κ2) is 5.53. The lowest BCUT2D eigenvalue weighted by Crippen LogP contribution is -1.91. The molecule has 0 heterocycles. The first-order valence-corrected chi connectivity index (χ1v) is 5.72. The number of hydrogen-bond donors (Lipinski definition) is 0. The van der Waals surface area contributed by atoms with Gasteiger partial charge in [-0.3, -0.25) is 10.1 Å². The van der Waals surface area contributed by atoms with Crippen molar-refractivity contribution in [1.82, 2.24) is 0 Å². The van der Waals surface area contributed by atoms with Gasteiger partial charge in [-0.2, -0.15) is 0 Å². The monoisotopic (exact) mass is 228 g/mol. The largest absolute Gasteiger partial charge is 0.508 e. The minimum atomic E-state index is -1.61. The van der Waals surface area contributed by atoms with Crippen LogP contribution >= 0.6 is 8.03 Å². The molecule has 15 heavy (non-hydrogen) atoms. The average molecular weight is 228 g/mol. The maximum atomic E-state index is 11.0. The van der Waals surface area contributed by atoms with Crippen molar-refractivity contribution in [3.63, 3.8) is 0 Å². The predicted octanol–water partition coefficient (Wildman–Crippen LogP) is 2.53. The highest BCUT2D eigenvalue weighted by atomic mass is 31.1. The van der Waals surface area contributed by atoms with Gasteiger partial charge in [0, 0.05) is 18.6 Å². The highest BCUT2D eigenvalue weighted by Gasteiger charge is 2.14. The molecule has 0 saturated heterocycles. The van der Waals surface area contributed by atoms with Gasteiger partial charge in [-0.05, 0) is 10.1 Å². The second-order valence-corrected chi connectivity index (χ2v) is 4.39. The molecule has 1 aromatic carbocycles. The summed E-state index contributed by atoms with van der Waals surface area (Å²) in [4.78, 5) is 9.92. The molecule has 0 radical (unpaired) electrons. The van der Waals surface area contributed by atoms with Crippen LogP contribution in [0.2, 0.25) is 0 Å². The summed E-state index contributed by atoms with van der Waals surface area (Å²) in [6.07, 6.45) is 1.03. The molecule has 0 aliphatic heterocycles. The van der Waals surface area contributed by atoms with Crippen molar-refractivity contribution in [2.24, 2.45) is 0 Å². The van der Waals surface area contributed by atoms with Crippen LogP contribution in [0.15, 0.2) is 24.3 Å². The molecule has 5 nitrogen and oxygen atoms in total. The summed E-state index contributed by atoms with van der Waals surface area (Å²) in [6.45, 7) is 0. The van der Waals surface area contributed by atoms with E-state index in [4.69, 9.17) is 0 Å². The predicted molar refractivity (Wildman–Crippen MR) is 56.3 cm³/mol. The van der Waals surface area contributed by atoms with E-state index in [-0.39, 0.29) is 5.69 Å². The van der Waals surface area contributed by atoms with Crippen molar-refractivity contribution < 1.29 is 14.0 Å². The zero-order chi connectivity index (χ0) is 11.3. The van der Waals surface area contributed by atoms with Gasteiger partial charge in [0.15, 0.2) is 6.16 Å². The Labute approximate surface area is 88.1 Å². The van der Waals surface area contributed by atoms with Gasteiger partial charge in [0.25, 0.3) is 5.69 Å². The minimum Gasteiger partial charge on any atom is -0.258 e. The lowest BCUT2D eigenvalue weighted by Gasteiger charge is -1.95. The van der Waals surface area contributed by atoms with Crippen LogP contribution in [0.3, 0.4) is 0 Å². The smallest absolute Gasteiger partial charge is 0.258 e. The molecule has 0 amide bonds. The molecular formula is C9H11NO4P+. The molecule has 1 unspecified atom stereocenters. The standard InChI is InChI=1S/C9H11NO4P/c1-14-15(13)7-6-8-2-4-9(5-3-8)10(11)12/h2-5H,6-7H2,1H3/q+1. The zero-order valence-corrected chi connectivity index (χ0v) is 9.15. The maximum Gasteiger partial charge on any atom is 0.508 e. The van der Waals surface area contributed by atoms with E-state index in [2.05, 4.69) is 4.52 Å². The minimum absolute atomic E-state index is 0.0647. The number of rotatable bonds is 5. The highest BCUT2D eigenvalue weighted by molar-refractivity contribution is 7.39. The van der Waals surface area contributed by atoms with E-state index in [9.17, 15) is 14.7 Å². The molecule has 0 aliphatic carbocycles. The third-order valence-electron chi connectivity index (χ3n) is 1.93. The first kappa shape index (κ1) is 11.8. The number of benzene rings is 1. The fourth-order valence-corrected chi connectivity index (χ4v) is 1.72. The van der Waals surface area contributed by atoms with Crippen LogP contribution < -0.4 is 0 Å². The topological polar surface area (TPSA) is 69.4 Å². The van der Waals surface area contributed by atoms with Gasteiger partial charge in [-0.25, -0.2) is 0 Å². The van der Waals surface area contributed by atoms with Gasteiger partial charge < -0.3 is 0 Å². The Morgan fingerprint density at radius 3 is 2.47 bits per heavy atom. The lowest BCUT2D eigenvalue weighted by molar-refractivity contribution is -0.384. The van der Waals surface area contributed by atoms with Crippen molar-refractivity contribution in [2.45, 2.75) is 6.42 Å². The van der Waals surface area contributed by atoms with Gasteiger partial charge >= 0.3 is 8.03 Å². The SMILES string of the molecule is CO[P+](=O)CCc1ccc([N+](=O)[O-])cc1. The van der Waals surface area contributed by atoms with Crippen LogP contribution in [0.4, 0.5) is 5.69 Å². The lowest BCUT2D eigenvalue weighted by atomic mass is 10.1. The van der Waals surface area contributed by atoms with Crippen LogP contribution in [0.1, 0.15) is 5.56 Å². The first-order valence-electron chi connectivity index (χ1n) is 4.35. The summed E-state index contributed by atoms with van der Waals surface area (Å²) in [7, 11) is -0.209. The van der Waals surface area contributed by atoms with Gasteiger partial charge in [-0.15, -0.1) is 4.52 Å². The summed E-state index contributed by atoms with van der Waals surface area (Å²) >= 11 is 0. The first-order chi connectivity index (χ1) is 7.13. The normalized spacial score (nSPS) is 11.1. The van der Waals surface area contributed by atoms with Crippen molar-refractivity contribution in [3.05, 3.63) is 39.9 Å². The zero-order valence-electron chi connectivity index (χ0n) is 8.25. The van der Waals surface area contributed by atoms with Gasteiger partial charge in [0.05, 0.1) is 12.0 Å². The van der Waals surface area contributed by atoms with Crippen LogP contribution in [-0.2, 0) is 15.5 Å². The maximum absolute atomic E-state index is 11.0. The van der Waals surface area contributed by atoms with Crippen molar-refractivity contribution >= 4 is 13.7 Å². The van der Waals surface area contributed by atoms with E-state index < -0.39 is 13.0 Å². The van der Waals surface area contributed by atoms with Crippen LogP contribution in [0, 0.1) is 10.1 Å². The summed E-state index contributed by atoms with van der Waals surface area (Å²) < 4.78 is 15.6. The molecule has 0 aromatic heterocycles. The van der Waals surface area contributed by atoms with E-state index >= 15 is 0 Å². The van der Waals surface area contributed by atoms with Crippen molar-refractivity contribution in [1.29, 1.82) is 0 Å². The van der Waals surface area contributed by atoms with Crippen molar-refractivity contribution in [2.75, 3.05) is 13.3 Å². The third-order valence-corrected chi connectivity index (χ3v) is 2.93. The van der Waals surface area contributed by atoms with Crippen LogP contribution in [0.25, 0.3) is 0 Å². The van der Waals surface area contributed by atoms with Crippen molar-refractivity contribution in [3.8, 4) is 0 Å². The molecule has 0 N–H and O–H groups in total. The Bertz CT molecular complexity index is 363. The van der Waals surface area contributed by atoms with E-state index in [1.54, 1.807) is 12.1 Å². The Hall–Kier alpha value is -1.32. The number of nitro benzene ring substituents is 1. The summed E-state index contributed by atoms with van der Waals surface area (Å²) in [5.74, 6) is 0. The molecule has 1 atom stereocenters. The van der Waals surface area contributed by atoms with E-state index in [1.165, 1.54) is 19.2 Å². The van der Waals surface area contributed by atoms with Crippen LogP contribution in [0.5, 0.6) is 0 Å². The third kappa shape index (κ3) is 3.73. The summed E-state index contributed by atoms with van der Waals surface area (Å²) in [5, 5.41) is 10.4.